The van der Waals surface area contributed by atoms with Crippen LogP contribution in [0.3, 0.4) is 0 Å². The Balaban J connectivity index is 1.49. The van der Waals surface area contributed by atoms with Gasteiger partial charge in [-0.2, -0.15) is 10.1 Å². The molecule has 0 unspecified atom stereocenters. The van der Waals surface area contributed by atoms with Gasteiger partial charge < -0.3 is 20.3 Å². The summed E-state index contributed by atoms with van der Waals surface area (Å²) < 4.78 is 8.90. The lowest BCUT2D eigenvalue weighted by molar-refractivity contribution is 0.102. The molecule has 32 heavy (non-hydrogen) atoms. The topological polar surface area (TPSA) is 102 Å². The molecule has 5 rings (SSSR count). The number of ether oxygens (including phenoxy) is 1. The first-order valence-corrected chi connectivity index (χ1v) is 10.6. The van der Waals surface area contributed by atoms with Crippen molar-refractivity contribution < 1.29 is 9.53 Å². The predicted molar refractivity (Wildman–Crippen MR) is 123 cm³/mol. The van der Waals surface area contributed by atoms with Crippen LogP contribution in [0.2, 0.25) is 0 Å². The number of fused-ring (bicyclic) bond motifs is 2. The van der Waals surface area contributed by atoms with Crippen molar-refractivity contribution in [2.24, 2.45) is 7.05 Å². The Bertz CT molecular complexity index is 1320. The molecule has 0 bridgehead atoms. The maximum absolute atomic E-state index is 13.2. The lowest BCUT2D eigenvalue weighted by Gasteiger charge is -2.20. The van der Waals surface area contributed by atoms with E-state index in [1.807, 2.05) is 45.5 Å². The highest BCUT2D eigenvalue weighted by atomic mass is 16.5. The number of aromatic nitrogens is 5. The second kappa shape index (κ2) is 7.79. The third-order valence-corrected chi connectivity index (χ3v) is 5.91. The van der Waals surface area contributed by atoms with Crippen LogP contribution >= 0.6 is 0 Å². The zero-order chi connectivity index (χ0) is 22.4. The van der Waals surface area contributed by atoms with E-state index in [-0.39, 0.29) is 5.91 Å². The van der Waals surface area contributed by atoms with E-state index in [1.54, 1.807) is 15.3 Å². The Kier molecular flexibility index (Phi) is 4.93. The van der Waals surface area contributed by atoms with Gasteiger partial charge in [-0.15, -0.1) is 0 Å². The fraction of sp³-hybridized carbons (Fsp3) is 0.364. The highest BCUT2D eigenvalue weighted by Gasteiger charge is 2.25. The summed E-state index contributed by atoms with van der Waals surface area (Å²) in [6.07, 6.45) is 6.64. The fourth-order valence-corrected chi connectivity index (χ4v) is 4.35. The molecule has 1 aliphatic heterocycles. The Morgan fingerprint density at radius 1 is 1.22 bits per heavy atom. The van der Waals surface area contributed by atoms with Crippen molar-refractivity contribution in [3.05, 3.63) is 42.0 Å². The van der Waals surface area contributed by atoms with Crippen LogP contribution in [0.1, 0.15) is 22.5 Å². The number of methoxy groups -OCH3 is 1. The van der Waals surface area contributed by atoms with Crippen molar-refractivity contribution in [1.29, 1.82) is 0 Å². The molecule has 4 heterocycles. The highest BCUT2D eigenvalue weighted by Crippen LogP contribution is 2.31. The van der Waals surface area contributed by atoms with Gasteiger partial charge in [-0.1, -0.05) is 0 Å². The molecule has 2 N–H and O–H groups in total. The standard InChI is InChI=1S/C22H26N8O2/c1-13-9-30-12-18(26-22(32-4)20(30)24-13)25-21(31)15-5-6-17(16-11-28(3)27-19(15)16)29-8-7-14(10-29)23-2/h5-6,9,11-12,14,23H,7-8,10H2,1-4H3,(H,25,31)/t14-/m1/s1. The quantitative estimate of drug-likeness (QED) is 0.495. The van der Waals surface area contributed by atoms with Gasteiger partial charge in [0, 0.05) is 49.6 Å². The molecule has 1 atom stereocenters. The van der Waals surface area contributed by atoms with E-state index in [2.05, 4.69) is 30.6 Å². The van der Waals surface area contributed by atoms with Crippen molar-refractivity contribution >= 4 is 34.0 Å². The van der Waals surface area contributed by atoms with E-state index >= 15 is 0 Å². The van der Waals surface area contributed by atoms with Crippen LogP contribution < -0.4 is 20.3 Å². The summed E-state index contributed by atoms with van der Waals surface area (Å²) >= 11 is 0. The normalized spacial score (nSPS) is 16.2. The highest BCUT2D eigenvalue weighted by molar-refractivity contribution is 6.13. The number of rotatable bonds is 5. The SMILES string of the molecule is CN[C@@H]1CCN(c2ccc(C(=O)Nc3cn4cc(C)nc4c(OC)n3)c3nn(C)cc23)C1. The minimum atomic E-state index is -0.277. The smallest absolute Gasteiger partial charge is 0.260 e. The maximum atomic E-state index is 13.2. The van der Waals surface area contributed by atoms with E-state index in [1.165, 1.54) is 7.11 Å². The minimum absolute atomic E-state index is 0.277. The Hall–Kier alpha value is -3.66. The molecular formula is C22H26N8O2. The van der Waals surface area contributed by atoms with Crippen LogP contribution in [0.25, 0.3) is 16.6 Å². The molecule has 1 aliphatic rings. The van der Waals surface area contributed by atoms with E-state index in [4.69, 9.17) is 4.74 Å². The molecule has 0 radical (unpaired) electrons. The molecule has 10 nitrogen and oxygen atoms in total. The van der Waals surface area contributed by atoms with Gasteiger partial charge in [-0.25, -0.2) is 4.98 Å². The van der Waals surface area contributed by atoms with Crippen LogP contribution in [0.15, 0.2) is 30.7 Å². The molecule has 0 spiro atoms. The first-order chi connectivity index (χ1) is 15.5. The summed E-state index contributed by atoms with van der Waals surface area (Å²) in [5, 5.41) is 11.8. The van der Waals surface area contributed by atoms with E-state index in [9.17, 15) is 4.79 Å². The maximum Gasteiger partial charge on any atom is 0.260 e. The number of amides is 1. The van der Waals surface area contributed by atoms with Crippen molar-refractivity contribution in [2.75, 3.05) is 37.5 Å². The van der Waals surface area contributed by atoms with Crippen molar-refractivity contribution in [3.8, 4) is 5.88 Å². The fourth-order valence-electron chi connectivity index (χ4n) is 4.35. The van der Waals surface area contributed by atoms with Crippen LogP contribution in [-0.2, 0) is 7.05 Å². The monoisotopic (exact) mass is 434 g/mol. The zero-order valence-corrected chi connectivity index (χ0v) is 18.6. The number of hydrogen-bond donors (Lipinski definition) is 2. The van der Waals surface area contributed by atoms with Crippen LogP contribution in [-0.4, -0.2) is 63.3 Å². The van der Waals surface area contributed by atoms with E-state index < -0.39 is 0 Å². The van der Waals surface area contributed by atoms with E-state index in [0.29, 0.717) is 34.5 Å². The van der Waals surface area contributed by atoms with E-state index in [0.717, 1.165) is 36.3 Å². The van der Waals surface area contributed by atoms with Crippen LogP contribution in [0.4, 0.5) is 11.5 Å². The first-order valence-electron chi connectivity index (χ1n) is 10.6. The summed E-state index contributed by atoms with van der Waals surface area (Å²) in [4.78, 5) is 24.4. The molecular weight excluding hydrogens is 408 g/mol. The summed E-state index contributed by atoms with van der Waals surface area (Å²) in [6.45, 7) is 3.79. The third kappa shape index (κ3) is 3.42. The molecule has 166 valence electrons. The molecule has 3 aromatic heterocycles. The van der Waals surface area contributed by atoms with Gasteiger partial charge in [0.15, 0.2) is 5.82 Å². The van der Waals surface area contributed by atoms with Crippen molar-refractivity contribution in [3.63, 3.8) is 0 Å². The molecule has 1 fully saturated rings. The van der Waals surface area contributed by atoms with Gasteiger partial charge in [0.2, 0.25) is 5.65 Å². The minimum Gasteiger partial charge on any atom is -0.478 e. The molecule has 10 heteroatoms. The van der Waals surface area contributed by atoms with Gasteiger partial charge in [0.1, 0.15) is 5.52 Å². The molecule has 1 amide bonds. The first kappa shape index (κ1) is 20.3. The summed E-state index contributed by atoms with van der Waals surface area (Å²) in [7, 11) is 5.39. The number of carbonyl (C=O) groups is 1. The molecule has 0 saturated carbocycles. The van der Waals surface area contributed by atoms with Crippen LogP contribution in [0.5, 0.6) is 5.88 Å². The summed E-state index contributed by atoms with van der Waals surface area (Å²) in [5.41, 5.74) is 3.70. The number of likely N-dealkylation sites (N-methyl/N-ethyl adjacent to an activating group) is 1. The lowest BCUT2D eigenvalue weighted by Crippen LogP contribution is -2.29. The summed E-state index contributed by atoms with van der Waals surface area (Å²) in [5.74, 6) is 0.448. The molecule has 1 aromatic carbocycles. The van der Waals surface area contributed by atoms with Crippen molar-refractivity contribution in [1.82, 2.24) is 29.5 Å². The van der Waals surface area contributed by atoms with Gasteiger partial charge in [-0.3, -0.25) is 13.9 Å². The molecule has 4 aromatic rings. The number of carbonyl (C=O) groups excluding carboxylic acids is 1. The third-order valence-electron chi connectivity index (χ3n) is 5.91. The number of nitrogens with zero attached hydrogens (tertiary/aromatic N) is 6. The zero-order valence-electron chi connectivity index (χ0n) is 18.6. The largest absolute Gasteiger partial charge is 0.478 e. The number of anilines is 2. The number of hydrogen-bond acceptors (Lipinski definition) is 7. The predicted octanol–water partition coefficient (Wildman–Crippen LogP) is 1.98. The second-order valence-electron chi connectivity index (χ2n) is 8.12. The Morgan fingerprint density at radius 3 is 2.81 bits per heavy atom. The number of aryl methyl sites for hydroxylation is 2. The van der Waals surface area contributed by atoms with Gasteiger partial charge in [0.05, 0.1) is 24.6 Å². The number of benzene rings is 1. The average molecular weight is 435 g/mol. The van der Waals surface area contributed by atoms with Gasteiger partial charge in [0.25, 0.3) is 11.8 Å². The number of imidazole rings is 1. The Morgan fingerprint density at radius 2 is 2.06 bits per heavy atom. The number of nitrogens with one attached hydrogen (secondary N) is 2. The van der Waals surface area contributed by atoms with Crippen molar-refractivity contribution in [2.45, 2.75) is 19.4 Å². The lowest BCUT2D eigenvalue weighted by atomic mass is 10.1. The molecule has 1 saturated heterocycles. The molecule has 0 aliphatic carbocycles. The second-order valence-corrected chi connectivity index (χ2v) is 8.12. The summed E-state index contributed by atoms with van der Waals surface area (Å²) in [6, 6.07) is 4.31. The van der Waals surface area contributed by atoms with Crippen LogP contribution in [0, 0.1) is 6.92 Å². The van der Waals surface area contributed by atoms with Gasteiger partial charge in [-0.05, 0) is 32.5 Å². The van der Waals surface area contributed by atoms with Gasteiger partial charge >= 0.3 is 0 Å². The average Bonchev–Trinajstić information content (AvgIpc) is 3.49. The Labute approximate surface area is 185 Å².